The van der Waals surface area contributed by atoms with E-state index in [1.54, 1.807) is 0 Å². The van der Waals surface area contributed by atoms with Crippen molar-refractivity contribution < 1.29 is 18.8 Å². The van der Waals surface area contributed by atoms with Crippen LogP contribution in [0, 0.1) is 5.92 Å². The number of hydrogen-bond donors (Lipinski definition) is 0. The summed E-state index contributed by atoms with van der Waals surface area (Å²) in [4.78, 5) is 25.2. The topological polar surface area (TPSA) is 55.8 Å². The Bertz CT molecular complexity index is 387. The first-order valence-corrected chi connectivity index (χ1v) is 10.0. The summed E-state index contributed by atoms with van der Waals surface area (Å²) in [5.41, 5.74) is 0. The van der Waals surface area contributed by atoms with E-state index in [0.29, 0.717) is 0 Å². The van der Waals surface area contributed by atoms with E-state index in [0.717, 1.165) is 0 Å². The Morgan fingerprint density at radius 2 is 2.00 bits per heavy atom. The normalized spacial score (nSPS) is 20.5. The molecule has 0 radical (unpaired) electrons. The van der Waals surface area contributed by atoms with Crippen molar-refractivity contribution >= 4 is 20.3 Å². The number of hydrogen-bond acceptors (Lipinski definition) is 4. The fourth-order valence-electron chi connectivity index (χ4n) is 1.74. The molecule has 1 heterocycles. The minimum atomic E-state index is -1.99. The standard InChI is InChI=1S/C14H27NO4Si/c1-10(2)11-8-18-13(17)15(11)12(16)9-19-20(6,7)14(3,4)5/h10-11H,8-9H2,1-7H3/t11-/m1/s1. The third-order valence-electron chi connectivity index (χ3n) is 4.31. The monoisotopic (exact) mass is 301 g/mol. The molecule has 1 fully saturated rings. The lowest BCUT2D eigenvalue weighted by atomic mass is 10.0. The molecule has 1 atom stereocenters. The summed E-state index contributed by atoms with van der Waals surface area (Å²) in [7, 11) is -1.99. The summed E-state index contributed by atoms with van der Waals surface area (Å²) in [5.74, 6) is -0.116. The maximum atomic E-state index is 12.3. The molecule has 0 aromatic carbocycles. The maximum Gasteiger partial charge on any atom is 0.417 e. The van der Waals surface area contributed by atoms with Gasteiger partial charge < -0.3 is 9.16 Å². The minimum absolute atomic E-state index is 0.0379. The highest BCUT2D eigenvalue weighted by atomic mass is 28.4. The lowest BCUT2D eigenvalue weighted by Crippen LogP contribution is -2.47. The zero-order valence-corrected chi connectivity index (χ0v) is 14.6. The number of carbonyl (C=O) groups excluding carboxylic acids is 2. The van der Waals surface area contributed by atoms with Crippen LogP contribution >= 0.6 is 0 Å². The molecule has 0 aromatic rings. The zero-order chi connectivity index (χ0) is 15.7. The van der Waals surface area contributed by atoms with Crippen LogP contribution in [0.3, 0.4) is 0 Å². The van der Waals surface area contributed by atoms with Crippen molar-refractivity contribution in [3.8, 4) is 0 Å². The Morgan fingerprint density at radius 3 is 2.45 bits per heavy atom. The lowest BCUT2D eigenvalue weighted by Gasteiger charge is -2.36. The number of nitrogens with zero attached hydrogens (tertiary/aromatic N) is 1. The summed E-state index contributed by atoms with van der Waals surface area (Å²) in [5, 5.41) is 0.0379. The van der Waals surface area contributed by atoms with Crippen LogP contribution in [0.2, 0.25) is 18.1 Å². The fraction of sp³-hybridized carbons (Fsp3) is 0.857. The second-order valence-corrected chi connectivity index (χ2v) is 12.0. The summed E-state index contributed by atoms with van der Waals surface area (Å²) in [6, 6.07) is -0.182. The summed E-state index contributed by atoms with van der Waals surface area (Å²) in [6.45, 7) is 14.7. The summed E-state index contributed by atoms with van der Waals surface area (Å²) >= 11 is 0. The number of imide groups is 1. The first-order valence-electron chi connectivity index (χ1n) is 7.10. The van der Waals surface area contributed by atoms with E-state index < -0.39 is 14.4 Å². The maximum absolute atomic E-state index is 12.3. The highest BCUT2D eigenvalue weighted by Crippen LogP contribution is 2.36. The van der Waals surface area contributed by atoms with Crippen LogP contribution in [0.1, 0.15) is 34.6 Å². The largest absolute Gasteiger partial charge is 0.447 e. The lowest BCUT2D eigenvalue weighted by molar-refractivity contribution is -0.132. The number of amides is 2. The molecule has 5 nitrogen and oxygen atoms in total. The Morgan fingerprint density at radius 1 is 1.45 bits per heavy atom. The first-order chi connectivity index (χ1) is 8.97. The van der Waals surface area contributed by atoms with Crippen LogP contribution in [-0.4, -0.2) is 44.5 Å². The SMILES string of the molecule is CC(C)[C@H]1COC(=O)N1C(=O)CO[Si](C)(C)C(C)(C)C. The third-order valence-corrected chi connectivity index (χ3v) is 8.79. The molecule has 116 valence electrons. The van der Waals surface area contributed by atoms with Crippen LogP contribution in [0.15, 0.2) is 0 Å². The van der Waals surface area contributed by atoms with Gasteiger partial charge >= 0.3 is 6.09 Å². The number of ether oxygens (including phenoxy) is 1. The molecule has 0 aromatic heterocycles. The smallest absolute Gasteiger partial charge is 0.417 e. The van der Waals surface area contributed by atoms with Gasteiger partial charge in [0.1, 0.15) is 13.2 Å². The molecule has 0 spiro atoms. The predicted octanol–water partition coefficient (Wildman–Crippen LogP) is 3.01. The first kappa shape index (κ1) is 17.2. The van der Waals surface area contributed by atoms with E-state index in [4.69, 9.17) is 9.16 Å². The molecule has 0 saturated carbocycles. The van der Waals surface area contributed by atoms with Crippen LogP contribution in [0.4, 0.5) is 4.79 Å². The van der Waals surface area contributed by atoms with E-state index >= 15 is 0 Å². The van der Waals surface area contributed by atoms with Crippen LogP contribution in [0.5, 0.6) is 0 Å². The van der Waals surface area contributed by atoms with E-state index in [1.165, 1.54) is 4.90 Å². The summed E-state index contributed by atoms with van der Waals surface area (Å²) < 4.78 is 10.9. The number of cyclic esters (lactones) is 1. The van der Waals surface area contributed by atoms with Gasteiger partial charge in [-0.25, -0.2) is 9.69 Å². The van der Waals surface area contributed by atoms with Gasteiger partial charge in [-0.1, -0.05) is 34.6 Å². The summed E-state index contributed by atoms with van der Waals surface area (Å²) in [6.07, 6.45) is -0.549. The van der Waals surface area contributed by atoms with Crippen molar-refractivity contribution in [3.63, 3.8) is 0 Å². The van der Waals surface area contributed by atoms with Gasteiger partial charge in [0.05, 0.1) is 6.04 Å². The minimum Gasteiger partial charge on any atom is -0.447 e. The quantitative estimate of drug-likeness (QED) is 0.749. The van der Waals surface area contributed by atoms with Gasteiger partial charge in [-0.05, 0) is 24.1 Å². The molecular formula is C14H27NO4Si. The zero-order valence-electron chi connectivity index (χ0n) is 13.6. The molecular weight excluding hydrogens is 274 g/mol. The number of rotatable bonds is 4. The van der Waals surface area contributed by atoms with Crippen molar-refractivity contribution in [2.45, 2.75) is 58.8 Å². The van der Waals surface area contributed by atoms with Crippen molar-refractivity contribution in [3.05, 3.63) is 0 Å². The fourth-order valence-corrected chi connectivity index (χ4v) is 2.66. The van der Waals surface area contributed by atoms with Gasteiger partial charge in [0.25, 0.3) is 5.91 Å². The molecule has 0 N–H and O–H groups in total. The molecule has 20 heavy (non-hydrogen) atoms. The Hall–Kier alpha value is -0.883. The molecule has 2 amide bonds. The van der Waals surface area contributed by atoms with Crippen molar-refractivity contribution in [2.75, 3.05) is 13.2 Å². The van der Waals surface area contributed by atoms with E-state index in [1.807, 2.05) is 13.8 Å². The molecule has 1 rings (SSSR count). The molecule has 1 aliphatic heterocycles. The highest BCUT2D eigenvalue weighted by molar-refractivity contribution is 6.74. The van der Waals surface area contributed by atoms with Gasteiger partial charge in [0, 0.05) is 0 Å². The molecule has 1 aliphatic rings. The predicted molar refractivity (Wildman–Crippen MR) is 80.0 cm³/mol. The van der Waals surface area contributed by atoms with Crippen LogP contribution in [0.25, 0.3) is 0 Å². The van der Waals surface area contributed by atoms with E-state index in [-0.39, 0.29) is 36.1 Å². The van der Waals surface area contributed by atoms with Crippen molar-refractivity contribution in [1.82, 2.24) is 4.90 Å². The number of carbonyl (C=O) groups is 2. The molecule has 0 aliphatic carbocycles. The van der Waals surface area contributed by atoms with Crippen molar-refractivity contribution in [1.29, 1.82) is 0 Å². The van der Waals surface area contributed by atoms with Gasteiger partial charge in [0.15, 0.2) is 8.32 Å². The molecule has 6 heteroatoms. The van der Waals surface area contributed by atoms with Crippen LogP contribution in [-0.2, 0) is 14.0 Å². The van der Waals surface area contributed by atoms with Crippen molar-refractivity contribution in [2.24, 2.45) is 5.92 Å². The average Bonchev–Trinajstić information content (AvgIpc) is 2.66. The third kappa shape index (κ3) is 3.61. The average molecular weight is 301 g/mol. The highest BCUT2D eigenvalue weighted by Gasteiger charge is 2.42. The van der Waals surface area contributed by atoms with Gasteiger partial charge in [0.2, 0.25) is 0 Å². The molecule has 0 unspecified atom stereocenters. The van der Waals surface area contributed by atoms with Gasteiger partial charge in [-0.3, -0.25) is 4.79 Å². The van der Waals surface area contributed by atoms with E-state index in [2.05, 4.69) is 33.9 Å². The Kier molecular flexibility index (Phi) is 5.02. The Labute approximate surface area is 122 Å². The molecule has 1 saturated heterocycles. The van der Waals surface area contributed by atoms with Gasteiger partial charge in [-0.15, -0.1) is 0 Å². The van der Waals surface area contributed by atoms with E-state index in [9.17, 15) is 9.59 Å². The van der Waals surface area contributed by atoms with Crippen LogP contribution < -0.4 is 0 Å². The second kappa shape index (κ2) is 5.85. The Balaban J connectivity index is 2.69. The molecule has 0 bridgehead atoms. The van der Waals surface area contributed by atoms with Gasteiger partial charge in [-0.2, -0.15) is 0 Å². The second-order valence-electron chi connectivity index (χ2n) is 7.20.